The molecule has 3 N–H and O–H groups in total. The Balaban J connectivity index is 2.01. The first-order valence-corrected chi connectivity index (χ1v) is 6.77. The van der Waals surface area contributed by atoms with Crippen LogP contribution in [0.2, 0.25) is 0 Å². The highest BCUT2D eigenvalue weighted by atomic mass is 19.2. The van der Waals surface area contributed by atoms with E-state index in [0.717, 1.165) is 12.8 Å². The summed E-state index contributed by atoms with van der Waals surface area (Å²) in [6.45, 7) is -0.0707. The molecule has 0 radical (unpaired) electrons. The normalized spacial score (nSPS) is 25.3. The molecule has 1 fully saturated rings. The van der Waals surface area contributed by atoms with Crippen molar-refractivity contribution >= 4 is 0 Å². The molecule has 0 aliphatic heterocycles. The molecular weight excluding hydrogens is 290 g/mol. The lowest BCUT2D eigenvalue weighted by Gasteiger charge is -2.28. The van der Waals surface area contributed by atoms with Crippen LogP contribution in [-0.2, 0) is 0 Å². The number of hydrogen-bond donors (Lipinski definition) is 2. The molecule has 0 heterocycles. The summed E-state index contributed by atoms with van der Waals surface area (Å²) in [7, 11) is 0. The Morgan fingerprint density at radius 1 is 1.24 bits per heavy atom. The molecule has 2 unspecified atom stereocenters. The molecule has 2 rings (SSSR count). The minimum absolute atomic E-state index is 0.0922. The third kappa shape index (κ3) is 3.13. The van der Waals surface area contributed by atoms with Gasteiger partial charge in [0.1, 0.15) is 0 Å². The second-order valence-electron chi connectivity index (χ2n) is 5.33. The van der Waals surface area contributed by atoms with Gasteiger partial charge in [0.25, 0.3) is 0 Å². The molecule has 1 aliphatic carbocycles. The molecule has 0 amide bonds. The molecule has 0 spiro atoms. The molecule has 1 aromatic carbocycles. The average molecular weight is 307 g/mol. The van der Waals surface area contributed by atoms with Gasteiger partial charge in [-0.05, 0) is 25.2 Å². The standard InChI is InChI=1S/C14H17F4NO2/c15-9-6-10(16)12(18)13(11(9)17)21-5-3-8-2-1-4-14(8,20)7-19/h6,8,20H,1-5,7,19H2. The lowest BCUT2D eigenvalue weighted by Crippen LogP contribution is -2.41. The monoisotopic (exact) mass is 307 g/mol. The highest BCUT2D eigenvalue weighted by molar-refractivity contribution is 5.28. The molecule has 3 nitrogen and oxygen atoms in total. The van der Waals surface area contributed by atoms with Gasteiger partial charge in [-0.25, -0.2) is 8.78 Å². The van der Waals surface area contributed by atoms with Crippen molar-refractivity contribution in [3.05, 3.63) is 29.3 Å². The summed E-state index contributed by atoms with van der Waals surface area (Å²) in [4.78, 5) is 0. The molecule has 0 saturated heterocycles. The van der Waals surface area contributed by atoms with Gasteiger partial charge in [0.15, 0.2) is 17.4 Å². The molecule has 7 heteroatoms. The maximum Gasteiger partial charge on any atom is 0.203 e. The Morgan fingerprint density at radius 3 is 2.43 bits per heavy atom. The zero-order valence-electron chi connectivity index (χ0n) is 11.3. The topological polar surface area (TPSA) is 55.5 Å². The first-order valence-electron chi connectivity index (χ1n) is 6.77. The van der Waals surface area contributed by atoms with E-state index in [4.69, 9.17) is 10.5 Å². The van der Waals surface area contributed by atoms with Crippen LogP contribution in [0.1, 0.15) is 25.7 Å². The second kappa shape index (κ2) is 6.19. The fourth-order valence-corrected chi connectivity index (χ4v) is 2.79. The highest BCUT2D eigenvalue weighted by Gasteiger charge is 2.39. The zero-order chi connectivity index (χ0) is 15.6. The minimum Gasteiger partial charge on any atom is -0.487 e. The van der Waals surface area contributed by atoms with E-state index in [1.807, 2.05) is 0 Å². The summed E-state index contributed by atoms with van der Waals surface area (Å²) in [5.41, 5.74) is 4.51. The highest BCUT2D eigenvalue weighted by Crippen LogP contribution is 2.37. The van der Waals surface area contributed by atoms with Gasteiger partial charge in [-0.3, -0.25) is 0 Å². The van der Waals surface area contributed by atoms with Crippen molar-refractivity contribution in [2.45, 2.75) is 31.3 Å². The molecular formula is C14H17F4NO2. The summed E-state index contributed by atoms with van der Waals surface area (Å²) >= 11 is 0. The molecule has 0 aromatic heterocycles. The smallest absolute Gasteiger partial charge is 0.203 e. The first kappa shape index (κ1) is 16.0. The Hall–Kier alpha value is -1.34. The number of ether oxygens (including phenoxy) is 1. The lowest BCUT2D eigenvalue weighted by molar-refractivity contribution is 0.00320. The van der Waals surface area contributed by atoms with E-state index in [-0.39, 0.29) is 25.1 Å². The number of halogens is 4. The van der Waals surface area contributed by atoms with Gasteiger partial charge >= 0.3 is 0 Å². The second-order valence-corrected chi connectivity index (χ2v) is 5.33. The lowest BCUT2D eigenvalue weighted by atomic mass is 9.88. The largest absolute Gasteiger partial charge is 0.487 e. The third-order valence-electron chi connectivity index (χ3n) is 4.06. The molecule has 21 heavy (non-hydrogen) atoms. The molecule has 2 atom stereocenters. The van der Waals surface area contributed by atoms with Crippen LogP contribution in [0, 0.1) is 29.2 Å². The summed E-state index contributed by atoms with van der Waals surface area (Å²) in [6.07, 6.45) is 2.38. The van der Waals surface area contributed by atoms with E-state index in [0.29, 0.717) is 12.8 Å². The van der Waals surface area contributed by atoms with Crippen molar-refractivity contribution in [2.24, 2.45) is 11.7 Å². The predicted octanol–water partition coefficient (Wildman–Crippen LogP) is 2.50. The molecule has 1 aromatic rings. The SMILES string of the molecule is NCC1(O)CCCC1CCOc1c(F)c(F)cc(F)c1F. The van der Waals surface area contributed by atoms with E-state index >= 15 is 0 Å². The Morgan fingerprint density at radius 2 is 1.86 bits per heavy atom. The molecule has 118 valence electrons. The van der Waals surface area contributed by atoms with Crippen LogP contribution in [0.4, 0.5) is 17.6 Å². The number of rotatable bonds is 5. The van der Waals surface area contributed by atoms with Gasteiger partial charge in [-0.1, -0.05) is 6.42 Å². The first-order chi connectivity index (χ1) is 9.89. The van der Waals surface area contributed by atoms with E-state index in [1.165, 1.54) is 0 Å². The van der Waals surface area contributed by atoms with Crippen molar-refractivity contribution in [1.82, 2.24) is 0 Å². The van der Waals surface area contributed by atoms with E-state index < -0.39 is 34.6 Å². The van der Waals surface area contributed by atoms with Gasteiger partial charge in [0.05, 0.1) is 12.2 Å². The maximum atomic E-state index is 13.4. The maximum absolute atomic E-state index is 13.4. The van der Waals surface area contributed by atoms with Gasteiger partial charge in [-0.2, -0.15) is 8.78 Å². The van der Waals surface area contributed by atoms with Crippen molar-refractivity contribution in [3.8, 4) is 5.75 Å². The van der Waals surface area contributed by atoms with Crippen LogP contribution in [0.3, 0.4) is 0 Å². The number of hydrogen-bond acceptors (Lipinski definition) is 3. The Bertz CT molecular complexity index is 500. The van der Waals surface area contributed by atoms with E-state index in [2.05, 4.69) is 0 Å². The van der Waals surface area contributed by atoms with Crippen LogP contribution in [0.5, 0.6) is 5.75 Å². The van der Waals surface area contributed by atoms with Crippen molar-refractivity contribution < 1.29 is 27.4 Å². The fraction of sp³-hybridized carbons (Fsp3) is 0.571. The quantitative estimate of drug-likeness (QED) is 0.649. The van der Waals surface area contributed by atoms with Crippen molar-refractivity contribution in [1.29, 1.82) is 0 Å². The van der Waals surface area contributed by atoms with Crippen LogP contribution < -0.4 is 10.5 Å². The third-order valence-corrected chi connectivity index (χ3v) is 4.06. The van der Waals surface area contributed by atoms with Gasteiger partial charge < -0.3 is 15.6 Å². The predicted molar refractivity (Wildman–Crippen MR) is 67.7 cm³/mol. The Labute approximate surface area is 119 Å². The van der Waals surface area contributed by atoms with E-state index in [9.17, 15) is 22.7 Å². The molecule has 1 aliphatic rings. The van der Waals surface area contributed by atoms with Crippen molar-refractivity contribution in [2.75, 3.05) is 13.2 Å². The van der Waals surface area contributed by atoms with Gasteiger partial charge in [0.2, 0.25) is 11.6 Å². The summed E-state index contributed by atoms with van der Waals surface area (Å²) in [5, 5.41) is 10.2. The van der Waals surface area contributed by atoms with Crippen molar-refractivity contribution in [3.63, 3.8) is 0 Å². The summed E-state index contributed by atoms with van der Waals surface area (Å²) < 4.78 is 57.6. The number of nitrogens with two attached hydrogens (primary N) is 1. The average Bonchev–Trinajstić information content (AvgIpc) is 2.82. The molecule has 1 saturated carbocycles. The van der Waals surface area contributed by atoms with E-state index in [1.54, 1.807) is 0 Å². The fourth-order valence-electron chi connectivity index (χ4n) is 2.79. The van der Waals surface area contributed by atoms with Crippen LogP contribution in [0.25, 0.3) is 0 Å². The number of aliphatic hydroxyl groups is 1. The van der Waals surface area contributed by atoms with Gasteiger partial charge in [-0.15, -0.1) is 0 Å². The zero-order valence-corrected chi connectivity index (χ0v) is 11.3. The number of benzene rings is 1. The van der Waals surface area contributed by atoms with Crippen LogP contribution >= 0.6 is 0 Å². The summed E-state index contributed by atoms with van der Waals surface area (Å²) in [5.74, 6) is -7.37. The molecule has 0 bridgehead atoms. The van der Waals surface area contributed by atoms with Crippen LogP contribution in [0.15, 0.2) is 6.07 Å². The van der Waals surface area contributed by atoms with Crippen LogP contribution in [-0.4, -0.2) is 23.9 Å². The van der Waals surface area contributed by atoms with Gasteiger partial charge in [0, 0.05) is 12.6 Å². The summed E-state index contributed by atoms with van der Waals surface area (Å²) in [6, 6.07) is 0.127. The minimum atomic E-state index is -1.56. The Kier molecular flexibility index (Phi) is 4.73.